The molecule has 0 spiro atoms. The Morgan fingerprint density at radius 2 is 2.21 bits per heavy atom. The Bertz CT molecular complexity index is 1030. The van der Waals surface area contributed by atoms with Gasteiger partial charge in [-0.1, -0.05) is 0 Å². The molecule has 1 aliphatic heterocycles. The van der Waals surface area contributed by atoms with Crippen LogP contribution >= 0.6 is 0 Å². The van der Waals surface area contributed by atoms with Gasteiger partial charge in [0, 0.05) is 25.9 Å². The van der Waals surface area contributed by atoms with Gasteiger partial charge in [0.1, 0.15) is 30.1 Å². The molecular weight excluding hydrogens is 362 g/mol. The minimum absolute atomic E-state index is 0.240. The molecule has 9 nitrogen and oxygen atoms in total. The molecule has 3 aromatic rings. The normalized spacial score (nSPS) is 22.5. The highest BCUT2D eigenvalue weighted by Crippen LogP contribution is 2.40. The van der Waals surface area contributed by atoms with Gasteiger partial charge in [0.15, 0.2) is 5.82 Å². The van der Waals surface area contributed by atoms with Crippen molar-refractivity contribution in [1.29, 1.82) is 0 Å². The van der Waals surface area contributed by atoms with Gasteiger partial charge in [-0.15, -0.1) is 0 Å². The second-order valence-electron chi connectivity index (χ2n) is 6.97. The van der Waals surface area contributed by atoms with Gasteiger partial charge in [0.2, 0.25) is 0 Å². The van der Waals surface area contributed by atoms with Crippen LogP contribution in [0.1, 0.15) is 12.6 Å². The summed E-state index contributed by atoms with van der Waals surface area (Å²) in [5, 5.41) is 21.3. The molecule has 28 heavy (non-hydrogen) atoms. The lowest BCUT2D eigenvalue weighted by Crippen LogP contribution is -2.24. The number of methoxy groups -OCH3 is 1. The number of hydrogen-bond donors (Lipinski definition) is 2. The maximum absolute atomic E-state index is 10.2. The van der Waals surface area contributed by atoms with Crippen LogP contribution in [0.15, 0.2) is 29.5 Å². The lowest BCUT2D eigenvalue weighted by molar-refractivity contribution is -0.0417. The second-order valence-corrected chi connectivity index (χ2v) is 6.97. The van der Waals surface area contributed by atoms with E-state index in [1.54, 1.807) is 13.4 Å². The third-order valence-corrected chi connectivity index (χ3v) is 4.85. The fourth-order valence-electron chi connectivity index (χ4n) is 3.55. The fraction of sp³-hybridized carbons (Fsp3) is 0.421. The van der Waals surface area contributed by atoms with E-state index in [1.165, 1.54) is 6.33 Å². The Morgan fingerprint density at radius 3 is 2.89 bits per heavy atom. The number of fused-ring (bicyclic) bond motifs is 3. The lowest BCUT2D eigenvalue weighted by atomic mass is 10.2. The topological polar surface area (TPSA) is 105 Å². The van der Waals surface area contributed by atoms with Crippen LogP contribution in [0.25, 0.3) is 21.9 Å². The summed E-state index contributed by atoms with van der Waals surface area (Å²) in [6.45, 7) is -0.240. The molecule has 3 heterocycles. The quantitative estimate of drug-likeness (QED) is 0.506. The smallest absolute Gasteiger partial charge is 0.166 e. The largest absolute Gasteiger partial charge is 0.497 e. The van der Waals surface area contributed by atoms with Crippen molar-refractivity contribution >= 4 is 34.1 Å². The van der Waals surface area contributed by atoms with E-state index >= 15 is 0 Å². The second kappa shape index (κ2) is 7.34. The minimum atomic E-state index is -0.742. The summed E-state index contributed by atoms with van der Waals surface area (Å²) in [7, 11) is 5.39. The van der Waals surface area contributed by atoms with Crippen LogP contribution in [-0.4, -0.2) is 76.0 Å². The van der Waals surface area contributed by atoms with Gasteiger partial charge in [0.25, 0.3) is 0 Å². The molecule has 0 saturated carbocycles. The summed E-state index contributed by atoms with van der Waals surface area (Å²) < 4.78 is 13.2. The fourth-order valence-corrected chi connectivity index (χ4v) is 3.55. The van der Waals surface area contributed by atoms with Crippen LogP contribution in [0, 0.1) is 0 Å². The molecule has 1 aromatic carbocycles. The Hall–Kier alpha value is -2.75. The number of nitrogens with zero attached hydrogens (tertiary/aromatic N) is 5. The summed E-state index contributed by atoms with van der Waals surface area (Å²) in [6.07, 6.45) is 1.68. The number of aromatic nitrogens is 3. The molecule has 148 valence electrons. The van der Waals surface area contributed by atoms with Crippen molar-refractivity contribution in [3.63, 3.8) is 0 Å². The Kier molecular flexibility index (Phi) is 4.88. The zero-order chi connectivity index (χ0) is 19.8. The van der Waals surface area contributed by atoms with Crippen molar-refractivity contribution in [3.8, 4) is 5.75 Å². The van der Waals surface area contributed by atoms with Gasteiger partial charge in [-0.2, -0.15) is 0 Å². The van der Waals surface area contributed by atoms with E-state index < -0.39 is 18.4 Å². The third-order valence-electron chi connectivity index (χ3n) is 4.85. The molecule has 2 N–H and O–H groups in total. The van der Waals surface area contributed by atoms with Gasteiger partial charge < -0.3 is 24.6 Å². The third kappa shape index (κ3) is 3.07. The highest BCUT2D eigenvalue weighted by atomic mass is 16.5. The Morgan fingerprint density at radius 1 is 1.39 bits per heavy atom. The van der Waals surface area contributed by atoms with Crippen LogP contribution in [0.5, 0.6) is 5.75 Å². The lowest BCUT2D eigenvalue weighted by Gasteiger charge is -2.16. The summed E-state index contributed by atoms with van der Waals surface area (Å²) >= 11 is 0. The van der Waals surface area contributed by atoms with Crippen molar-refractivity contribution in [3.05, 3.63) is 24.5 Å². The molecule has 3 atom stereocenters. The number of rotatable bonds is 5. The minimum Gasteiger partial charge on any atom is -0.497 e. The number of aliphatic imine (C=N–C) groups is 1. The van der Waals surface area contributed by atoms with Crippen molar-refractivity contribution in [1.82, 2.24) is 19.4 Å². The van der Waals surface area contributed by atoms with E-state index in [0.29, 0.717) is 23.6 Å². The standard InChI is InChI=1S/C19H23N5O4/c1-23(2)10-22-18-17-12-6-11(27-3)4-5-13(12)24(19(17)21-9-20-18)16-7-14(26)15(8-25)28-16/h4-6,9-10,14-16,25-26H,7-8H2,1-3H3/t14-,15+,16+/m0/s1. The first-order chi connectivity index (χ1) is 13.5. The van der Waals surface area contributed by atoms with E-state index in [4.69, 9.17) is 9.47 Å². The number of benzene rings is 1. The molecule has 4 rings (SSSR count). The molecule has 2 aromatic heterocycles. The van der Waals surface area contributed by atoms with Gasteiger partial charge in [-0.25, -0.2) is 15.0 Å². The van der Waals surface area contributed by atoms with Gasteiger partial charge >= 0.3 is 0 Å². The molecule has 0 amide bonds. The molecule has 1 fully saturated rings. The number of aliphatic hydroxyl groups is 2. The van der Waals surface area contributed by atoms with Crippen molar-refractivity contribution in [2.24, 2.45) is 4.99 Å². The molecule has 0 unspecified atom stereocenters. The summed E-state index contributed by atoms with van der Waals surface area (Å²) in [5.74, 6) is 1.24. The van der Waals surface area contributed by atoms with Crippen LogP contribution in [0.2, 0.25) is 0 Å². The molecule has 1 saturated heterocycles. The molecule has 1 aliphatic rings. The van der Waals surface area contributed by atoms with Gasteiger partial charge in [0.05, 0.1) is 37.1 Å². The highest BCUT2D eigenvalue weighted by Gasteiger charge is 2.36. The molecule has 9 heteroatoms. The van der Waals surface area contributed by atoms with E-state index in [-0.39, 0.29) is 6.61 Å². The van der Waals surface area contributed by atoms with Crippen molar-refractivity contribution < 1.29 is 19.7 Å². The van der Waals surface area contributed by atoms with Crippen LogP contribution in [0.4, 0.5) is 5.82 Å². The SMILES string of the molecule is COc1ccc2c(c1)c1c(N=CN(C)C)ncnc1n2[C@H]1C[C@H](O)[C@@H](CO)O1. The molecule has 0 bridgehead atoms. The molecular formula is C19H23N5O4. The zero-order valence-corrected chi connectivity index (χ0v) is 16.0. The maximum Gasteiger partial charge on any atom is 0.166 e. The Labute approximate surface area is 161 Å². The predicted octanol–water partition coefficient (Wildman–Crippen LogP) is 1.46. The van der Waals surface area contributed by atoms with E-state index in [9.17, 15) is 10.2 Å². The average molecular weight is 385 g/mol. The van der Waals surface area contributed by atoms with Crippen LogP contribution in [-0.2, 0) is 4.74 Å². The van der Waals surface area contributed by atoms with E-state index in [0.717, 1.165) is 16.3 Å². The zero-order valence-electron chi connectivity index (χ0n) is 16.0. The summed E-state index contributed by atoms with van der Waals surface area (Å²) in [5.41, 5.74) is 1.52. The van der Waals surface area contributed by atoms with Crippen LogP contribution in [0.3, 0.4) is 0 Å². The molecule has 0 aliphatic carbocycles. The average Bonchev–Trinajstić information content (AvgIpc) is 3.22. The monoisotopic (exact) mass is 385 g/mol. The van der Waals surface area contributed by atoms with Crippen molar-refractivity contribution in [2.45, 2.75) is 24.9 Å². The predicted molar refractivity (Wildman–Crippen MR) is 105 cm³/mol. The first-order valence-electron chi connectivity index (χ1n) is 9.01. The first-order valence-corrected chi connectivity index (χ1v) is 9.01. The summed E-state index contributed by atoms with van der Waals surface area (Å²) in [4.78, 5) is 15.2. The Balaban J connectivity index is 1.97. The van der Waals surface area contributed by atoms with Gasteiger partial charge in [-0.05, 0) is 18.2 Å². The number of hydrogen-bond acceptors (Lipinski definition) is 7. The van der Waals surface area contributed by atoms with Crippen molar-refractivity contribution in [2.75, 3.05) is 27.8 Å². The van der Waals surface area contributed by atoms with Gasteiger partial charge in [-0.3, -0.25) is 4.57 Å². The number of ether oxygens (including phenoxy) is 2. The molecule has 0 radical (unpaired) electrons. The number of aliphatic hydroxyl groups excluding tert-OH is 2. The maximum atomic E-state index is 10.2. The summed E-state index contributed by atoms with van der Waals surface area (Å²) in [6, 6.07) is 5.71. The van der Waals surface area contributed by atoms with Crippen LogP contribution < -0.4 is 4.74 Å². The highest BCUT2D eigenvalue weighted by molar-refractivity contribution is 6.12. The first kappa shape index (κ1) is 18.6. The van der Waals surface area contributed by atoms with E-state index in [1.807, 2.05) is 41.8 Å². The van der Waals surface area contributed by atoms with E-state index in [2.05, 4.69) is 15.0 Å².